The van der Waals surface area contributed by atoms with Crippen LogP contribution in [-0.4, -0.2) is 46.4 Å². The van der Waals surface area contributed by atoms with Gasteiger partial charge in [-0.15, -0.1) is 0 Å². The molecule has 1 spiro atoms. The molecule has 8 heteroatoms. The Balaban J connectivity index is 1.32. The number of halogens is 1. The normalized spacial score (nSPS) is 34.1. The number of rotatable bonds is 6. The highest BCUT2D eigenvalue weighted by Gasteiger charge is 2.72. The monoisotopic (exact) mass is 561 g/mol. The molecule has 2 N–H and O–H groups in total. The summed E-state index contributed by atoms with van der Waals surface area (Å²) in [5.41, 5.74) is 1.18. The summed E-state index contributed by atoms with van der Waals surface area (Å²) in [4.78, 5) is 43.6. The van der Waals surface area contributed by atoms with Crippen LogP contribution in [0.2, 0.25) is 5.02 Å². The summed E-state index contributed by atoms with van der Waals surface area (Å²) in [6.07, 6.45) is 6.24. The number of benzene rings is 2. The van der Waals surface area contributed by atoms with Crippen molar-refractivity contribution in [1.82, 2.24) is 10.2 Å². The average Bonchev–Trinajstić information content (AvgIpc) is 3.57. The van der Waals surface area contributed by atoms with Gasteiger partial charge in [0.2, 0.25) is 17.7 Å². The number of hydrogen-bond donors (Lipinski definition) is 2. The molecule has 0 radical (unpaired) electrons. The maximum atomic E-state index is 14.2. The molecule has 210 valence electrons. The Labute approximate surface area is 240 Å². The zero-order chi connectivity index (χ0) is 28.2. The number of carbonyl (C=O) groups is 3. The lowest BCUT2D eigenvalue weighted by atomic mass is 9.73. The Hall–Kier alpha value is -3.16. The van der Waals surface area contributed by atoms with Crippen molar-refractivity contribution in [3.63, 3.8) is 0 Å². The highest BCUT2D eigenvalue weighted by molar-refractivity contribution is 6.31. The van der Waals surface area contributed by atoms with Gasteiger partial charge in [-0.2, -0.15) is 0 Å². The van der Waals surface area contributed by atoms with Gasteiger partial charge in [-0.05, 0) is 48.4 Å². The fourth-order valence-corrected chi connectivity index (χ4v) is 7.34. The van der Waals surface area contributed by atoms with Gasteiger partial charge in [0.25, 0.3) is 0 Å². The maximum Gasteiger partial charge on any atom is 0.246 e. The number of fused-ring (bicyclic) bond motifs is 1. The Morgan fingerprint density at radius 3 is 2.62 bits per heavy atom. The van der Waals surface area contributed by atoms with E-state index in [2.05, 4.69) is 24.5 Å². The van der Waals surface area contributed by atoms with Gasteiger partial charge in [0.15, 0.2) is 0 Å². The molecule has 2 bridgehead atoms. The lowest BCUT2D eigenvalue weighted by Gasteiger charge is -2.38. The fraction of sp³-hybridized carbons (Fsp3) is 0.469. The molecule has 2 saturated heterocycles. The minimum atomic E-state index is -1.20. The van der Waals surface area contributed by atoms with Gasteiger partial charge in [0.1, 0.15) is 11.6 Å². The molecule has 3 aliphatic heterocycles. The van der Waals surface area contributed by atoms with E-state index in [-0.39, 0.29) is 30.3 Å². The second-order valence-electron chi connectivity index (χ2n) is 12.0. The number of anilines is 1. The van der Waals surface area contributed by atoms with Crippen molar-refractivity contribution < 1.29 is 19.1 Å². The number of nitrogens with one attached hydrogen (secondary N) is 2. The van der Waals surface area contributed by atoms with Crippen molar-refractivity contribution in [3.8, 4) is 0 Å². The fourth-order valence-electron chi connectivity index (χ4n) is 7.16. The van der Waals surface area contributed by atoms with Crippen molar-refractivity contribution in [3.05, 3.63) is 76.8 Å². The van der Waals surface area contributed by atoms with Crippen molar-refractivity contribution >= 4 is 35.0 Å². The Bertz CT molecular complexity index is 1360. The summed E-state index contributed by atoms with van der Waals surface area (Å²) in [5, 5.41) is 6.79. The minimum Gasteiger partial charge on any atom is -0.359 e. The summed E-state index contributed by atoms with van der Waals surface area (Å²) < 4.78 is 6.49. The molecule has 0 aromatic heterocycles. The van der Waals surface area contributed by atoms with Crippen LogP contribution in [0.25, 0.3) is 0 Å². The van der Waals surface area contributed by atoms with Crippen LogP contribution in [0.3, 0.4) is 0 Å². The molecule has 0 unspecified atom stereocenters. The molecule has 3 fully saturated rings. The van der Waals surface area contributed by atoms with E-state index in [9.17, 15) is 14.4 Å². The van der Waals surface area contributed by atoms with Crippen LogP contribution in [0.15, 0.2) is 60.7 Å². The standard InChI is InChI=1S/C32H36ClN3O4/c1-18-8-7-11-24(20(18)3)35-30(38)28-32-15-14-25(40-32)26(29(37)34-22-13-12-19(2)23(33)16-22)27(32)31(39)36(28)17-21-9-5-4-6-10-21/h4-6,9-10,12-16,18,20,24-28H,7-8,11,17H2,1-3H3,(H,34,37)(H,35,38)/t18-,20-,24-,25+,26-,27+,28+,32+/m1/s1. The molecule has 1 saturated carbocycles. The van der Waals surface area contributed by atoms with E-state index < -0.39 is 29.6 Å². The molecule has 2 aromatic rings. The summed E-state index contributed by atoms with van der Waals surface area (Å²) >= 11 is 6.29. The van der Waals surface area contributed by atoms with Gasteiger partial charge >= 0.3 is 0 Å². The van der Waals surface area contributed by atoms with Crippen LogP contribution >= 0.6 is 11.6 Å². The first kappa shape index (κ1) is 27.0. The summed E-state index contributed by atoms with van der Waals surface area (Å²) in [7, 11) is 0. The lowest BCUT2D eigenvalue weighted by molar-refractivity contribution is -0.142. The largest absolute Gasteiger partial charge is 0.359 e. The van der Waals surface area contributed by atoms with E-state index in [1.165, 1.54) is 0 Å². The van der Waals surface area contributed by atoms with Gasteiger partial charge < -0.3 is 20.3 Å². The van der Waals surface area contributed by atoms with Crippen molar-refractivity contribution in [2.24, 2.45) is 23.7 Å². The second-order valence-corrected chi connectivity index (χ2v) is 12.4. The maximum absolute atomic E-state index is 14.2. The number of nitrogens with zero attached hydrogens (tertiary/aromatic N) is 1. The highest BCUT2D eigenvalue weighted by atomic mass is 35.5. The molecule has 3 amide bonds. The van der Waals surface area contributed by atoms with Crippen LogP contribution < -0.4 is 10.6 Å². The number of aryl methyl sites for hydroxylation is 1. The van der Waals surface area contributed by atoms with Crippen molar-refractivity contribution in [2.75, 3.05) is 5.32 Å². The molecule has 7 nitrogen and oxygen atoms in total. The van der Waals surface area contributed by atoms with E-state index in [1.54, 1.807) is 17.0 Å². The van der Waals surface area contributed by atoms with Gasteiger partial charge in [-0.3, -0.25) is 14.4 Å². The molecular formula is C32H36ClN3O4. The number of likely N-dealkylation sites (tertiary alicyclic amines) is 1. The summed E-state index contributed by atoms with van der Waals surface area (Å²) in [6, 6.07) is 14.1. The van der Waals surface area contributed by atoms with E-state index in [1.807, 2.05) is 55.5 Å². The third kappa shape index (κ3) is 4.44. The van der Waals surface area contributed by atoms with Crippen molar-refractivity contribution in [2.45, 2.75) is 70.4 Å². The number of amides is 3. The van der Waals surface area contributed by atoms with Crippen LogP contribution in [0.4, 0.5) is 5.69 Å². The first-order chi connectivity index (χ1) is 19.2. The Morgan fingerprint density at radius 2 is 1.88 bits per heavy atom. The number of hydrogen-bond acceptors (Lipinski definition) is 4. The van der Waals surface area contributed by atoms with Gasteiger partial charge in [-0.25, -0.2) is 0 Å². The third-order valence-corrected chi connectivity index (χ3v) is 10.0. The van der Waals surface area contributed by atoms with Crippen LogP contribution in [-0.2, 0) is 25.7 Å². The molecule has 3 heterocycles. The zero-order valence-electron chi connectivity index (χ0n) is 23.1. The molecule has 2 aromatic carbocycles. The smallest absolute Gasteiger partial charge is 0.246 e. The van der Waals surface area contributed by atoms with Crippen LogP contribution in [0, 0.1) is 30.6 Å². The van der Waals surface area contributed by atoms with E-state index in [0.717, 1.165) is 30.4 Å². The molecule has 1 aliphatic carbocycles. The molecular weight excluding hydrogens is 526 g/mol. The number of ether oxygens (including phenoxy) is 1. The van der Waals surface area contributed by atoms with E-state index in [4.69, 9.17) is 16.3 Å². The lowest BCUT2D eigenvalue weighted by Crippen LogP contribution is -2.57. The Morgan fingerprint density at radius 1 is 1.10 bits per heavy atom. The Kier molecular flexibility index (Phi) is 6.99. The van der Waals surface area contributed by atoms with Crippen molar-refractivity contribution in [1.29, 1.82) is 0 Å². The number of carbonyl (C=O) groups excluding carboxylic acids is 3. The molecule has 4 aliphatic rings. The van der Waals surface area contributed by atoms with E-state index in [0.29, 0.717) is 22.5 Å². The SMILES string of the molecule is Cc1ccc(NC(=O)[C@@H]2[C@@H]3C=C[C@]4(O3)[C@@H]2C(=O)N(Cc2ccccc2)[C@H]4C(=O)N[C@@H]2CCC[C@@H](C)[C@H]2C)cc1Cl. The van der Waals surface area contributed by atoms with Crippen LogP contribution in [0.5, 0.6) is 0 Å². The zero-order valence-corrected chi connectivity index (χ0v) is 23.9. The summed E-state index contributed by atoms with van der Waals surface area (Å²) in [6.45, 7) is 6.57. The van der Waals surface area contributed by atoms with Crippen LogP contribution in [0.1, 0.15) is 44.2 Å². The first-order valence-electron chi connectivity index (χ1n) is 14.3. The predicted molar refractivity (Wildman–Crippen MR) is 153 cm³/mol. The summed E-state index contributed by atoms with van der Waals surface area (Å²) in [5.74, 6) is -1.48. The van der Waals surface area contributed by atoms with Gasteiger partial charge in [0, 0.05) is 23.3 Å². The highest BCUT2D eigenvalue weighted by Crippen LogP contribution is 2.55. The second kappa shape index (κ2) is 10.3. The molecule has 8 atom stereocenters. The first-order valence-corrected chi connectivity index (χ1v) is 14.7. The topological polar surface area (TPSA) is 87.7 Å². The predicted octanol–water partition coefficient (Wildman–Crippen LogP) is 4.88. The third-order valence-electron chi connectivity index (χ3n) is 9.59. The van der Waals surface area contributed by atoms with Gasteiger partial charge in [-0.1, -0.05) is 86.8 Å². The molecule has 40 heavy (non-hydrogen) atoms. The minimum absolute atomic E-state index is 0.0355. The quantitative estimate of drug-likeness (QED) is 0.492. The van der Waals surface area contributed by atoms with Gasteiger partial charge in [0.05, 0.1) is 17.9 Å². The average molecular weight is 562 g/mol. The van der Waals surface area contributed by atoms with E-state index >= 15 is 0 Å². The molecule has 6 rings (SSSR count).